The van der Waals surface area contributed by atoms with Gasteiger partial charge in [0.05, 0.1) is 5.69 Å². The summed E-state index contributed by atoms with van der Waals surface area (Å²) in [6, 6.07) is 15.2. The Morgan fingerprint density at radius 3 is 2.71 bits per heavy atom. The first-order valence-corrected chi connectivity index (χ1v) is 7.26. The Morgan fingerprint density at radius 2 is 1.90 bits per heavy atom. The second kappa shape index (κ2) is 5.87. The summed E-state index contributed by atoms with van der Waals surface area (Å²) in [5.74, 6) is 0. The van der Waals surface area contributed by atoms with Gasteiger partial charge >= 0.3 is 6.03 Å². The molecule has 1 aliphatic heterocycles. The zero-order valence-corrected chi connectivity index (χ0v) is 11.9. The van der Waals surface area contributed by atoms with Gasteiger partial charge in [0.25, 0.3) is 0 Å². The van der Waals surface area contributed by atoms with Crippen molar-refractivity contribution in [3.63, 3.8) is 0 Å². The lowest BCUT2D eigenvalue weighted by Gasteiger charge is -2.23. The van der Waals surface area contributed by atoms with E-state index < -0.39 is 0 Å². The number of para-hydroxylation sites is 1. The van der Waals surface area contributed by atoms with Gasteiger partial charge in [0.15, 0.2) is 0 Å². The number of aryl methyl sites for hydroxylation is 1. The summed E-state index contributed by atoms with van der Waals surface area (Å²) >= 11 is 0. The summed E-state index contributed by atoms with van der Waals surface area (Å²) in [5.41, 5.74) is 9.50. The first-order chi connectivity index (χ1) is 10.2. The standard InChI is InChI=1S/C17H19N3O/c18-14-10-9-13-6-4-5-11-20(16(13)12-14)17(21)19-15-7-2-1-3-8-15/h1-3,7-10,12H,4-6,11,18H2,(H,19,21). The van der Waals surface area contributed by atoms with Crippen LogP contribution in [0.4, 0.5) is 21.9 Å². The first kappa shape index (κ1) is 13.5. The predicted molar refractivity (Wildman–Crippen MR) is 86.6 cm³/mol. The molecule has 108 valence electrons. The van der Waals surface area contributed by atoms with Crippen molar-refractivity contribution in [1.82, 2.24) is 0 Å². The molecule has 21 heavy (non-hydrogen) atoms. The Hall–Kier alpha value is -2.49. The third-order valence-electron chi connectivity index (χ3n) is 3.75. The minimum absolute atomic E-state index is 0.102. The van der Waals surface area contributed by atoms with E-state index in [4.69, 9.17) is 5.73 Å². The van der Waals surface area contributed by atoms with Crippen molar-refractivity contribution in [2.45, 2.75) is 19.3 Å². The van der Waals surface area contributed by atoms with Gasteiger partial charge in [-0.15, -0.1) is 0 Å². The van der Waals surface area contributed by atoms with E-state index in [0.29, 0.717) is 5.69 Å². The Kier molecular flexibility index (Phi) is 3.77. The summed E-state index contributed by atoms with van der Waals surface area (Å²) in [6.45, 7) is 0.717. The molecular weight excluding hydrogens is 262 g/mol. The lowest BCUT2D eigenvalue weighted by molar-refractivity contribution is 0.257. The Morgan fingerprint density at radius 1 is 1.10 bits per heavy atom. The molecular formula is C17H19N3O. The molecule has 0 saturated carbocycles. The van der Waals surface area contributed by atoms with E-state index in [2.05, 4.69) is 5.32 Å². The Labute approximate surface area is 124 Å². The van der Waals surface area contributed by atoms with Crippen molar-refractivity contribution in [2.24, 2.45) is 0 Å². The van der Waals surface area contributed by atoms with Crippen LogP contribution in [0.1, 0.15) is 18.4 Å². The number of nitrogens with two attached hydrogens (primary N) is 1. The van der Waals surface area contributed by atoms with E-state index in [1.807, 2.05) is 48.5 Å². The SMILES string of the molecule is Nc1ccc2c(c1)N(C(=O)Nc1ccccc1)CCCC2. The van der Waals surface area contributed by atoms with Crippen molar-refractivity contribution in [2.75, 3.05) is 22.5 Å². The number of nitrogens with zero attached hydrogens (tertiary/aromatic N) is 1. The zero-order valence-electron chi connectivity index (χ0n) is 11.9. The van der Waals surface area contributed by atoms with Crippen LogP contribution in [0.15, 0.2) is 48.5 Å². The average Bonchev–Trinajstić information content (AvgIpc) is 2.70. The molecule has 0 fully saturated rings. The van der Waals surface area contributed by atoms with Crippen LogP contribution in [0.2, 0.25) is 0 Å². The van der Waals surface area contributed by atoms with Crippen molar-refractivity contribution in [1.29, 1.82) is 0 Å². The van der Waals surface area contributed by atoms with E-state index in [-0.39, 0.29) is 6.03 Å². The summed E-state index contributed by atoms with van der Waals surface area (Å²) in [5, 5.41) is 2.95. The van der Waals surface area contributed by atoms with Gasteiger partial charge in [0.1, 0.15) is 0 Å². The minimum Gasteiger partial charge on any atom is -0.399 e. The highest BCUT2D eigenvalue weighted by Gasteiger charge is 2.21. The smallest absolute Gasteiger partial charge is 0.326 e. The minimum atomic E-state index is -0.102. The molecule has 0 aromatic heterocycles. The number of hydrogen-bond donors (Lipinski definition) is 2. The second-order valence-corrected chi connectivity index (χ2v) is 5.29. The maximum absolute atomic E-state index is 12.6. The summed E-state index contributed by atoms with van der Waals surface area (Å²) in [4.78, 5) is 14.4. The molecule has 0 unspecified atom stereocenters. The molecule has 0 radical (unpaired) electrons. The Balaban J connectivity index is 1.88. The van der Waals surface area contributed by atoms with Crippen LogP contribution in [0, 0.1) is 0 Å². The lowest BCUT2D eigenvalue weighted by Crippen LogP contribution is -2.35. The maximum Gasteiger partial charge on any atom is 0.326 e. The van der Waals surface area contributed by atoms with Crippen LogP contribution < -0.4 is 16.0 Å². The molecule has 3 N–H and O–H groups in total. The number of anilines is 3. The second-order valence-electron chi connectivity index (χ2n) is 5.29. The van der Waals surface area contributed by atoms with Crippen molar-refractivity contribution >= 4 is 23.1 Å². The number of hydrogen-bond acceptors (Lipinski definition) is 2. The molecule has 0 bridgehead atoms. The van der Waals surface area contributed by atoms with Crippen molar-refractivity contribution in [3.05, 3.63) is 54.1 Å². The number of nitrogen functional groups attached to an aromatic ring is 1. The number of fused-ring (bicyclic) bond motifs is 1. The van der Waals surface area contributed by atoms with Gasteiger partial charge in [-0.1, -0.05) is 24.3 Å². The fraction of sp³-hybridized carbons (Fsp3) is 0.235. The fourth-order valence-corrected chi connectivity index (χ4v) is 2.67. The summed E-state index contributed by atoms with van der Waals surface area (Å²) in [7, 11) is 0. The van der Waals surface area contributed by atoms with E-state index in [1.165, 1.54) is 5.56 Å². The fourth-order valence-electron chi connectivity index (χ4n) is 2.67. The summed E-state index contributed by atoms with van der Waals surface area (Å²) < 4.78 is 0. The van der Waals surface area contributed by atoms with Gasteiger partial charge in [-0.3, -0.25) is 4.90 Å². The van der Waals surface area contributed by atoms with E-state index >= 15 is 0 Å². The molecule has 2 amide bonds. The molecule has 2 aromatic rings. The first-order valence-electron chi connectivity index (χ1n) is 7.26. The number of carbonyl (C=O) groups excluding carboxylic acids is 1. The molecule has 0 atom stereocenters. The highest BCUT2D eigenvalue weighted by Crippen LogP contribution is 2.29. The van der Waals surface area contributed by atoms with Gasteiger partial charge < -0.3 is 11.1 Å². The number of rotatable bonds is 1. The molecule has 2 aromatic carbocycles. The molecule has 0 aliphatic carbocycles. The topological polar surface area (TPSA) is 58.4 Å². The third-order valence-corrected chi connectivity index (χ3v) is 3.75. The van der Waals surface area contributed by atoms with Crippen LogP contribution in [0.5, 0.6) is 0 Å². The maximum atomic E-state index is 12.6. The van der Waals surface area contributed by atoms with Gasteiger partial charge in [0.2, 0.25) is 0 Å². The summed E-state index contributed by atoms with van der Waals surface area (Å²) in [6.07, 6.45) is 3.08. The van der Waals surface area contributed by atoms with Gasteiger partial charge in [0, 0.05) is 17.9 Å². The molecule has 4 heteroatoms. The molecule has 0 spiro atoms. The van der Waals surface area contributed by atoms with Crippen LogP contribution >= 0.6 is 0 Å². The third kappa shape index (κ3) is 2.99. The molecule has 1 aliphatic rings. The number of nitrogens with one attached hydrogen (secondary N) is 1. The van der Waals surface area contributed by atoms with Gasteiger partial charge in [-0.05, 0) is 49.1 Å². The van der Waals surface area contributed by atoms with Gasteiger partial charge in [-0.2, -0.15) is 0 Å². The number of amides is 2. The highest BCUT2D eigenvalue weighted by atomic mass is 16.2. The predicted octanol–water partition coefficient (Wildman–Crippen LogP) is 3.64. The van der Waals surface area contributed by atoms with Crippen LogP contribution in [0.3, 0.4) is 0 Å². The van der Waals surface area contributed by atoms with Crippen LogP contribution in [0.25, 0.3) is 0 Å². The quantitative estimate of drug-likeness (QED) is 0.784. The van der Waals surface area contributed by atoms with E-state index in [1.54, 1.807) is 4.90 Å². The monoisotopic (exact) mass is 281 g/mol. The normalized spacial score (nSPS) is 14.2. The molecule has 0 saturated heterocycles. The van der Waals surface area contributed by atoms with Crippen molar-refractivity contribution in [3.8, 4) is 0 Å². The Bertz CT molecular complexity index is 640. The molecule has 4 nitrogen and oxygen atoms in total. The molecule has 1 heterocycles. The van der Waals surface area contributed by atoms with E-state index in [9.17, 15) is 4.79 Å². The lowest BCUT2D eigenvalue weighted by atomic mass is 10.1. The van der Waals surface area contributed by atoms with Gasteiger partial charge in [-0.25, -0.2) is 4.79 Å². The largest absolute Gasteiger partial charge is 0.399 e. The zero-order chi connectivity index (χ0) is 14.7. The van der Waals surface area contributed by atoms with E-state index in [0.717, 1.165) is 37.2 Å². The van der Waals surface area contributed by atoms with Crippen molar-refractivity contribution < 1.29 is 4.79 Å². The molecule has 3 rings (SSSR count). The number of benzene rings is 2. The van der Waals surface area contributed by atoms with Crippen LogP contribution in [-0.2, 0) is 6.42 Å². The number of urea groups is 1. The highest BCUT2D eigenvalue weighted by molar-refractivity contribution is 6.02. The number of carbonyl (C=O) groups is 1. The average molecular weight is 281 g/mol. The van der Waals surface area contributed by atoms with Crippen LogP contribution in [-0.4, -0.2) is 12.6 Å².